The van der Waals surface area contributed by atoms with Gasteiger partial charge in [0.2, 0.25) is 0 Å². The minimum absolute atomic E-state index is 0.805. The van der Waals surface area contributed by atoms with E-state index in [-0.39, 0.29) is 0 Å². The quantitative estimate of drug-likeness (QED) is 0.583. The van der Waals surface area contributed by atoms with E-state index < -0.39 is 0 Å². The fourth-order valence-electron chi connectivity index (χ4n) is 6.27. The Kier molecular flexibility index (Phi) is 3.52. The Morgan fingerprint density at radius 3 is 2.16 bits per heavy atom. The second-order valence-corrected chi connectivity index (χ2v) is 11.7. The highest BCUT2D eigenvalue weighted by atomic mass is 32.2. The van der Waals surface area contributed by atoms with Crippen molar-refractivity contribution in [1.29, 1.82) is 0 Å². The van der Waals surface area contributed by atoms with Crippen LogP contribution < -0.4 is 0 Å². The Hall–Kier alpha value is -0.600. The smallest absolute Gasteiger partial charge is 0.0120 e. The molecule has 2 aromatic carbocycles. The van der Waals surface area contributed by atoms with E-state index in [1.807, 2.05) is 0 Å². The molecule has 0 aliphatic carbocycles. The first-order valence-electron chi connectivity index (χ1n) is 10.1. The van der Waals surface area contributed by atoms with Gasteiger partial charge in [0.25, 0.3) is 0 Å². The fraction of sp³-hybridized carbons (Fsp3) is 0.565. The summed E-state index contributed by atoms with van der Waals surface area (Å²) in [6.45, 7) is 2.46. The van der Waals surface area contributed by atoms with Crippen LogP contribution in [0.3, 0.4) is 0 Å². The standard InChI is InChI=1S/C23H26S2/c1-13-18(19-11-15-6-8-21(19)24-15)10-14-4-2-3-5-17(14)23(13)20-12-16-7-9-22(20)25-16/h2-5,10,15-16,19-22H,6-9,11-12H2,1H3. The van der Waals surface area contributed by atoms with Crippen LogP contribution in [0.15, 0.2) is 30.3 Å². The highest BCUT2D eigenvalue weighted by Crippen LogP contribution is 2.58. The number of fused-ring (bicyclic) bond motifs is 5. The van der Waals surface area contributed by atoms with Crippen LogP contribution in [0.5, 0.6) is 0 Å². The molecule has 0 N–H and O–H groups in total. The summed E-state index contributed by atoms with van der Waals surface area (Å²) in [6, 6.07) is 11.8. The lowest BCUT2D eigenvalue weighted by Gasteiger charge is -2.29. The zero-order chi connectivity index (χ0) is 16.5. The van der Waals surface area contributed by atoms with E-state index in [2.05, 4.69) is 60.8 Å². The SMILES string of the molecule is Cc1c(C2CC3CCC2S3)cc2ccccc2c1C1CC2CCC1S2. The molecule has 0 radical (unpaired) electrons. The molecule has 4 fully saturated rings. The molecule has 0 amide bonds. The predicted molar refractivity (Wildman–Crippen MR) is 112 cm³/mol. The van der Waals surface area contributed by atoms with Crippen LogP contribution in [0.4, 0.5) is 0 Å². The number of hydrogen-bond acceptors (Lipinski definition) is 2. The van der Waals surface area contributed by atoms with E-state index in [1.54, 1.807) is 22.1 Å². The summed E-state index contributed by atoms with van der Waals surface area (Å²) in [6.07, 6.45) is 8.68. The molecule has 4 heterocycles. The molecular formula is C23H26S2. The van der Waals surface area contributed by atoms with E-state index >= 15 is 0 Å². The first-order valence-corrected chi connectivity index (χ1v) is 12.0. The lowest BCUT2D eigenvalue weighted by molar-refractivity contribution is 0.498. The molecule has 4 bridgehead atoms. The molecule has 2 heteroatoms. The maximum Gasteiger partial charge on any atom is 0.0120 e. The molecule has 0 spiro atoms. The van der Waals surface area contributed by atoms with E-state index in [1.165, 1.54) is 43.9 Å². The van der Waals surface area contributed by atoms with Crippen LogP contribution in [-0.2, 0) is 0 Å². The first-order chi connectivity index (χ1) is 12.3. The van der Waals surface area contributed by atoms with E-state index in [4.69, 9.17) is 0 Å². The van der Waals surface area contributed by atoms with E-state index in [0.29, 0.717) is 0 Å². The van der Waals surface area contributed by atoms with Gasteiger partial charge in [-0.3, -0.25) is 0 Å². The normalized spacial score (nSPS) is 38.9. The summed E-state index contributed by atoms with van der Waals surface area (Å²) in [7, 11) is 0. The first kappa shape index (κ1) is 15.5. The molecule has 4 saturated heterocycles. The van der Waals surface area contributed by atoms with Gasteiger partial charge in [0, 0.05) is 21.0 Å². The van der Waals surface area contributed by atoms with Gasteiger partial charge in [-0.15, -0.1) is 0 Å². The molecular weight excluding hydrogens is 340 g/mol. The average molecular weight is 367 g/mol. The summed E-state index contributed by atoms with van der Waals surface area (Å²) < 4.78 is 0. The van der Waals surface area contributed by atoms with Crippen molar-refractivity contribution in [2.24, 2.45) is 0 Å². The third kappa shape index (κ3) is 2.29. The highest BCUT2D eigenvalue weighted by molar-refractivity contribution is 8.01. The second-order valence-electron chi connectivity index (χ2n) is 8.66. The van der Waals surface area contributed by atoms with Gasteiger partial charge in [0.1, 0.15) is 0 Å². The molecule has 0 saturated carbocycles. The lowest BCUT2D eigenvalue weighted by Crippen LogP contribution is -2.19. The van der Waals surface area contributed by atoms with Gasteiger partial charge in [-0.1, -0.05) is 30.3 Å². The second kappa shape index (κ2) is 5.70. The summed E-state index contributed by atoms with van der Waals surface area (Å²) in [4.78, 5) is 0. The van der Waals surface area contributed by atoms with Gasteiger partial charge >= 0.3 is 0 Å². The minimum atomic E-state index is 0.805. The maximum atomic E-state index is 2.57. The Bertz CT molecular complexity index is 841. The third-order valence-electron chi connectivity index (χ3n) is 7.38. The van der Waals surface area contributed by atoms with Gasteiger partial charge in [-0.25, -0.2) is 0 Å². The Morgan fingerprint density at radius 2 is 1.52 bits per heavy atom. The Labute approximate surface area is 159 Å². The summed E-state index contributed by atoms with van der Waals surface area (Å²) in [5, 5.41) is 6.72. The molecule has 25 heavy (non-hydrogen) atoms. The van der Waals surface area contributed by atoms with Gasteiger partial charge < -0.3 is 0 Å². The van der Waals surface area contributed by atoms with Crippen LogP contribution in [0.25, 0.3) is 10.8 Å². The summed E-state index contributed by atoms with van der Waals surface area (Å²) in [5.74, 6) is 1.62. The van der Waals surface area contributed by atoms with Gasteiger partial charge in [0.05, 0.1) is 0 Å². The number of hydrogen-bond donors (Lipinski definition) is 0. The van der Waals surface area contributed by atoms with Crippen molar-refractivity contribution in [2.45, 2.75) is 78.3 Å². The van der Waals surface area contributed by atoms with Crippen molar-refractivity contribution < 1.29 is 0 Å². The van der Waals surface area contributed by atoms with Crippen LogP contribution in [0.2, 0.25) is 0 Å². The number of benzene rings is 2. The van der Waals surface area contributed by atoms with Gasteiger partial charge in [-0.05, 0) is 84.7 Å². The van der Waals surface area contributed by atoms with E-state index in [0.717, 1.165) is 32.8 Å². The third-order valence-corrected chi connectivity index (χ3v) is 10.8. The molecule has 4 aliphatic rings. The predicted octanol–water partition coefficient (Wildman–Crippen LogP) is 6.65. The Morgan fingerprint density at radius 1 is 0.840 bits per heavy atom. The van der Waals surface area contributed by atoms with Crippen LogP contribution in [-0.4, -0.2) is 21.0 Å². The van der Waals surface area contributed by atoms with E-state index in [9.17, 15) is 0 Å². The van der Waals surface area contributed by atoms with Crippen LogP contribution in [0, 0.1) is 6.92 Å². The van der Waals surface area contributed by atoms with Crippen molar-refractivity contribution in [3.63, 3.8) is 0 Å². The number of rotatable bonds is 2. The molecule has 6 unspecified atom stereocenters. The lowest BCUT2D eigenvalue weighted by atomic mass is 9.75. The van der Waals surface area contributed by atoms with Crippen molar-refractivity contribution in [3.8, 4) is 0 Å². The van der Waals surface area contributed by atoms with Crippen LogP contribution >= 0.6 is 23.5 Å². The zero-order valence-electron chi connectivity index (χ0n) is 14.9. The van der Waals surface area contributed by atoms with Gasteiger partial charge in [-0.2, -0.15) is 23.5 Å². The molecule has 4 aliphatic heterocycles. The monoisotopic (exact) mass is 366 g/mol. The molecule has 0 nitrogen and oxygen atoms in total. The molecule has 130 valence electrons. The number of thioether (sulfide) groups is 2. The van der Waals surface area contributed by atoms with Crippen molar-refractivity contribution in [2.75, 3.05) is 0 Å². The average Bonchev–Trinajstić information content (AvgIpc) is 3.42. The molecule has 6 atom stereocenters. The van der Waals surface area contributed by atoms with Crippen LogP contribution in [0.1, 0.15) is 67.1 Å². The zero-order valence-corrected chi connectivity index (χ0v) is 16.5. The van der Waals surface area contributed by atoms with Gasteiger partial charge in [0.15, 0.2) is 0 Å². The summed E-state index contributed by atoms with van der Waals surface area (Å²) >= 11 is 4.59. The topological polar surface area (TPSA) is 0 Å². The fourth-order valence-corrected chi connectivity index (χ4v) is 9.87. The molecule has 6 rings (SSSR count). The van der Waals surface area contributed by atoms with Crippen molar-refractivity contribution in [1.82, 2.24) is 0 Å². The molecule has 2 aromatic rings. The van der Waals surface area contributed by atoms with Crippen molar-refractivity contribution in [3.05, 3.63) is 47.0 Å². The Balaban J connectivity index is 1.53. The maximum absolute atomic E-state index is 2.57. The minimum Gasteiger partial charge on any atom is -0.155 e. The largest absolute Gasteiger partial charge is 0.155 e. The van der Waals surface area contributed by atoms with Crippen molar-refractivity contribution >= 4 is 34.3 Å². The molecule has 0 aromatic heterocycles. The highest BCUT2D eigenvalue weighted by Gasteiger charge is 2.44. The summed E-state index contributed by atoms with van der Waals surface area (Å²) in [5.41, 5.74) is 5.11.